The molecule has 0 heterocycles. The summed E-state index contributed by atoms with van der Waals surface area (Å²) in [4.78, 5) is 0. The van der Waals surface area contributed by atoms with Crippen molar-refractivity contribution in [2.45, 2.75) is 68.2 Å². The van der Waals surface area contributed by atoms with E-state index in [1.807, 2.05) is 0 Å². The van der Waals surface area contributed by atoms with Crippen molar-refractivity contribution in [2.75, 3.05) is 6.61 Å². The predicted molar refractivity (Wildman–Crippen MR) is 78.9 cm³/mol. The molecule has 0 aromatic carbocycles. The molecule has 0 spiro atoms. The van der Waals surface area contributed by atoms with Crippen LogP contribution >= 0.6 is 17.8 Å². The summed E-state index contributed by atoms with van der Waals surface area (Å²) in [7, 11) is 12.5. The Bertz CT molecular complexity index is 120. The Morgan fingerprint density at radius 2 is 1.19 bits per heavy atom. The first-order chi connectivity index (χ1) is 7.54. The van der Waals surface area contributed by atoms with Gasteiger partial charge in [-0.25, -0.2) is 0 Å². The fourth-order valence-electron chi connectivity index (χ4n) is 1.15. The second-order valence-electron chi connectivity index (χ2n) is 4.14. The predicted octanol–water partition coefficient (Wildman–Crippen LogP) is 5.29. The molecule has 100 valence electrons. The van der Waals surface area contributed by atoms with Gasteiger partial charge in [0.25, 0.3) is 0 Å². The van der Waals surface area contributed by atoms with Gasteiger partial charge in [0.15, 0.2) is 0 Å². The summed E-state index contributed by atoms with van der Waals surface area (Å²) in [5.74, 6) is 0. The standard InChI is InChI=1S/C4H10O.2C4H9.2ClH.Sn/c1-2-3-4-5;2*1-3-4-2;;;/h5H,2-4H2,1H3;2*1,3-4H2,2H3;2*1H;/q;;;;;+2/p-2. The van der Waals surface area contributed by atoms with Gasteiger partial charge < -0.3 is 5.11 Å². The van der Waals surface area contributed by atoms with Crippen LogP contribution in [0.1, 0.15) is 59.3 Å². The number of aliphatic hydroxyl groups excluding tert-OH is 1. The molecule has 0 fully saturated rings. The van der Waals surface area contributed by atoms with Gasteiger partial charge in [-0.05, 0) is 6.42 Å². The first kappa shape index (κ1) is 19.7. The van der Waals surface area contributed by atoms with Crippen LogP contribution in [-0.2, 0) is 0 Å². The van der Waals surface area contributed by atoms with Crippen LogP contribution in [-0.4, -0.2) is 27.8 Å². The van der Waals surface area contributed by atoms with Crippen molar-refractivity contribution in [3.05, 3.63) is 0 Å². The molecule has 1 nitrogen and oxygen atoms in total. The van der Waals surface area contributed by atoms with E-state index in [2.05, 4.69) is 20.8 Å². The van der Waals surface area contributed by atoms with E-state index in [4.69, 9.17) is 22.9 Å². The normalized spacial score (nSPS) is 10.9. The average Bonchev–Trinajstić information content (AvgIpc) is 2.26. The number of rotatable bonds is 8. The van der Waals surface area contributed by atoms with Gasteiger partial charge >= 0.3 is 82.4 Å². The Labute approximate surface area is 113 Å². The van der Waals surface area contributed by atoms with E-state index in [0.717, 1.165) is 21.7 Å². The van der Waals surface area contributed by atoms with Crippen LogP contribution in [0.4, 0.5) is 0 Å². The molecule has 0 radical (unpaired) electrons. The minimum atomic E-state index is -2.49. The van der Waals surface area contributed by atoms with Crippen molar-refractivity contribution in [1.82, 2.24) is 0 Å². The van der Waals surface area contributed by atoms with E-state index in [9.17, 15) is 0 Å². The molecule has 0 saturated carbocycles. The van der Waals surface area contributed by atoms with Crippen molar-refractivity contribution in [3.8, 4) is 0 Å². The zero-order valence-corrected chi connectivity index (χ0v) is 15.4. The maximum atomic E-state index is 8.07. The van der Waals surface area contributed by atoms with Crippen LogP contribution in [0.5, 0.6) is 0 Å². The van der Waals surface area contributed by atoms with Gasteiger partial charge in [-0.1, -0.05) is 13.3 Å². The number of halogens is 2. The Morgan fingerprint density at radius 1 is 0.812 bits per heavy atom. The second-order valence-corrected chi connectivity index (χ2v) is 22.9. The monoisotopic (exact) mass is 378 g/mol. The summed E-state index contributed by atoms with van der Waals surface area (Å²) in [6, 6.07) is 0. The van der Waals surface area contributed by atoms with Crippen molar-refractivity contribution >= 4 is 34.0 Å². The van der Waals surface area contributed by atoms with Crippen LogP contribution in [0.2, 0.25) is 8.87 Å². The molecule has 1 N–H and O–H groups in total. The molecule has 0 rings (SSSR count). The molecule has 0 bridgehead atoms. The van der Waals surface area contributed by atoms with Gasteiger partial charge in [-0.3, -0.25) is 0 Å². The van der Waals surface area contributed by atoms with Crippen molar-refractivity contribution in [2.24, 2.45) is 0 Å². The van der Waals surface area contributed by atoms with E-state index in [1.165, 1.54) is 25.7 Å². The van der Waals surface area contributed by atoms with Crippen LogP contribution in [0.25, 0.3) is 0 Å². The number of hydrogen-bond acceptors (Lipinski definition) is 1. The molecule has 0 aliphatic heterocycles. The molecule has 0 unspecified atom stereocenters. The van der Waals surface area contributed by atoms with E-state index >= 15 is 0 Å². The van der Waals surface area contributed by atoms with Crippen LogP contribution in [0.3, 0.4) is 0 Å². The quantitative estimate of drug-likeness (QED) is 0.570. The molecule has 0 aliphatic carbocycles. The maximum absolute atomic E-state index is 8.07. The van der Waals surface area contributed by atoms with Gasteiger partial charge in [-0.15, -0.1) is 0 Å². The van der Waals surface area contributed by atoms with E-state index in [0.29, 0.717) is 6.61 Å². The molecule has 0 aromatic rings. The fraction of sp³-hybridized carbons (Fsp3) is 1.00. The molecule has 16 heavy (non-hydrogen) atoms. The molecule has 0 aromatic heterocycles. The molecule has 0 atom stereocenters. The Morgan fingerprint density at radius 3 is 1.38 bits per heavy atom. The average molecular weight is 378 g/mol. The second kappa shape index (κ2) is 14.4. The molecular weight excluding hydrogens is 350 g/mol. The van der Waals surface area contributed by atoms with Gasteiger partial charge in [0.2, 0.25) is 0 Å². The van der Waals surface area contributed by atoms with Crippen LogP contribution in [0.15, 0.2) is 0 Å². The molecule has 0 amide bonds. The van der Waals surface area contributed by atoms with Crippen LogP contribution in [0, 0.1) is 0 Å². The van der Waals surface area contributed by atoms with E-state index in [1.54, 1.807) is 0 Å². The summed E-state index contributed by atoms with van der Waals surface area (Å²) < 4.78 is 2.29. The minimum absolute atomic E-state index is 0.344. The van der Waals surface area contributed by atoms with Gasteiger partial charge in [0.05, 0.1) is 0 Å². The molecule has 0 aliphatic rings. The van der Waals surface area contributed by atoms with E-state index in [-0.39, 0.29) is 0 Å². The van der Waals surface area contributed by atoms with E-state index < -0.39 is 16.1 Å². The Balaban J connectivity index is 0. The molecule has 4 heteroatoms. The summed E-state index contributed by atoms with van der Waals surface area (Å²) in [6.45, 7) is 6.78. The fourth-order valence-corrected chi connectivity index (χ4v) is 10.4. The Kier molecular flexibility index (Phi) is 17.7. The topological polar surface area (TPSA) is 20.2 Å². The van der Waals surface area contributed by atoms with Crippen LogP contribution < -0.4 is 0 Å². The first-order valence-corrected chi connectivity index (χ1v) is 17.8. The third-order valence-electron chi connectivity index (χ3n) is 2.30. The zero-order valence-electron chi connectivity index (χ0n) is 11.1. The summed E-state index contributed by atoms with van der Waals surface area (Å²) in [6.07, 6.45) is 6.95. The van der Waals surface area contributed by atoms with Gasteiger partial charge in [0, 0.05) is 6.61 Å². The van der Waals surface area contributed by atoms with Crippen molar-refractivity contribution in [3.63, 3.8) is 0 Å². The molecule has 0 saturated heterocycles. The number of hydrogen-bond donors (Lipinski definition) is 1. The zero-order chi connectivity index (χ0) is 12.9. The van der Waals surface area contributed by atoms with Gasteiger partial charge in [-0.2, -0.15) is 0 Å². The number of aliphatic hydroxyl groups is 1. The summed E-state index contributed by atoms with van der Waals surface area (Å²) >= 11 is -2.49. The van der Waals surface area contributed by atoms with Crippen molar-refractivity contribution in [1.29, 1.82) is 0 Å². The Hall–Kier alpha value is 1.34. The number of unbranched alkanes of at least 4 members (excludes halogenated alkanes) is 3. The molecular formula is C12H28Cl2OSn. The summed E-state index contributed by atoms with van der Waals surface area (Å²) in [5, 5.41) is 8.07. The first-order valence-electron chi connectivity index (χ1n) is 6.52. The SMILES string of the molecule is CCCCO.CCC[CH2][Sn]([Cl])([Cl])[CH2]CCC. The summed E-state index contributed by atoms with van der Waals surface area (Å²) in [5.41, 5.74) is 0. The van der Waals surface area contributed by atoms with Gasteiger partial charge in [0.1, 0.15) is 0 Å². The van der Waals surface area contributed by atoms with Crippen molar-refractivity contribution < 1.29 is 5.11 Å². The third kappa shape index (κ3) is 17.7. The third-order valence-corrected chi connectivity index (χ3v) is 13.6.